The standard InChI is InChI=1S/C10H18F3NO2/c1-4-7(3)6-9(14,10(11,12)13)8(15)16-5-2/h7H,4-6,14H2,1-3H3. The summed E-state index contributed by atoms with van der Waals surface area (Å²) in [7, 11) is 0. The maximum Gasteiger partial charge on any atom is 0.417 e. The number of carbonyl (C=O) groups excluding carboxylic acids is 1. The molecule has 0 aliphatic heterocycles. The van der Waals surface area contributed by atoms with Gasteiger partial charge < -0.3 is 10.5 Å². The van der Waals surface area contributed by atoms with E-state index in [0.29, 0.717) is 6.42 Å². The summed E-state index contributed by atoms with van der Waals surface area (Å²) >= 11 is 0. The molecule has 0 aliphatic rings. The summed E-state index contributed by atoms with van der Waals surface area (Å²) in [6.07, 6.45) is -4.72. The SMILES string of the molecule is CCOC(=O)C(N)(CC(C)CC)C(F)(F)F. The summed E-state index contributed by atoms with van der Waals surface area (Å²) in [5, 5.41) is 0. The molecule has 2 unspecified atom stereocenters. The number of esters is 1. The second-order valence-corrected chi connectivity index (χ2v) is 3.91. The molecule has 0 saturated heterocycles. The van der Waals surface area contributed by atoms with Gasteiger partial charge in [-0.05, 0) is 19.3 Å². The lowest BCUT2D eigenvalue weighted by molar-refractivity contribution is -0.208. The fraction of sp³-hybridized carbons (Fsp3) is 0.900. The van der Waals surface area contributed by atoms with Gasteiger partial charge in [0.15, 0.2) is 0 Å². The fourth-order valence-corrected chi connectivity index (χ4v) is 1.27. The summed E-state index contributed by atoms with van der Waals surface area (Å²) in [4.78, 5) is 11.3. The Balaban J connectivity index is 4.97. The second-order valence-electron chi connectivity index (χ2n) is 3.91. The molecule has 0 radical (unpaired) electrons. The minimum atomic E-state index is -4.79. The summed E-state index contributed by atoms with van der Waals surface area (Å²) in [6.45, 7) is 4.69. The largest absolute Gasteiger partial charge is 0.464 e. The van der Waals surface area contributed by atoms with Crippen molar-refractivity contribution in [3.8, 4) is 0 Å². The molecule has 0 fully saturated rings. The first-order valence-electron chi connectivity index (χ1n) is 5.21. The van der Waals surface area contributed by atoms with E-state index in [1.165, 1.54) is 6.92 Å². The van der Waals surface area contributed by atoms with Gasteiger partial charge in [-0.15, -0.1) is 0 Å². The van der Waals surface area contributed by atoms with Crippen LogP contribution in [0.15, 0.2) is 0 Å². The van der Waals surface area contributed by atoms with Gasteiger partial charge in [-0.3, -0.25) is 0 Å². The highest BCUT2D eigenvalue weighted by Gasteiger charge is 2.59. The van der Waals surface area contributed by atoms with Gasteiger partial charge in [-0.25, -0.2) is 4.79 Å². The van der Waals surface area contributed by atoms with Gasteiger partial charge in [-0.1, -0.05) is 20.3 Å². The van der Waals surface area contributed by atoms with Crippen molar-refractivity contribution in [1.82, 2.24) is 0 Å². The topological polar surface area (TPSA) is 52.3 Å². The van der Waals surface area contributed by atoms with E-state index in [4.69, 9.17) is 5.73 Å². The van der Waals surface area contributed by atoms with Crippen molar-refractivity contribution in [1.29, 1.82) is 0 Å². The maximum atomic E-state index is 12.7. The molecule has 6 heteroatoms. The van der Waals surface area contributed by atoms with E-state index in [1.54, 1.807) is 13.8 Å². The smallest absolute Gasteiger partial charge is 0.417 e. The normalized spacial score (nSPS) is 17.7. The van der Waals surface area contributed by atoms with Crippen LogP contribution in [0.25, 0.3) is 0 Å². The highest BCUT2D eigenvalue weighted by molar-refractivity contribution is 5.81. The van der Waals surface area contributed by atoms with Crippen LogP contribution < -0.4 is 5.73 Å². The molecule has 0 aromatic heterocycles. The molecule has 3 nitrogen and oxygen atoms in total. The number of alkyl halides is 3. The minimum absolute atomic E-state index is 0.117. The molecular weight excluding hydrogens is 223 g/mol. The molecule has 2 atom stereocenters. The lowest BCUT2D eigenvalue weighted by atomic mass is 9.87. The van der Waals surface area contributed by atoms with Crippen LogP contribution in [0.3, 0.4) is 0 Å². The number of halogens is 3. The van der Waals surface area contributed by atoms with Crippen LogP contribution in [-0.2, 0) is 9.53 Å². The zero-order valence-electron chi connectivity index (χ0n) is 9.73. The van der Waals surface area contributed by atoms with Crippen LogP contribution in [-0.4, -0.2) is 24.3 Å². The number of ether oxygens (including phenoxy) is 1. The Morgan fingerprint density at radius 1 is 1.38 bits per heavy atom. The molecule has 0 amide bonds. The fourth-order valence-electron chi connectivity index (χ4n) is 1.27. The molecule has 0 rings (SSSR count). The highest BCUT2D eigenvalue weighted by atomic mass is 19.4. The summed E-state index contributed by atoms with van der Waals surface area (Å²) < 4.78 is 42.6. The molecule has 0 spiro atoms. The lowest BCUT2D eigenvalue weighted by Gasteiger charge is -2.31. The monoisotopic (exact) mass is 241 g/mol. The Morgan fingerprint density at radius 3 is 2.19 bits per heavy atom. The Kier molecular flexibility index (Phi) is 5.25. The first-order valence-corrected chi connectivity index (χ1v) is 5.21. The van der Waals surface area contributed by atoms with Gasteiger partial charge >= 0.3 is 12.1 Å². The van der Waals surface area contributed by atoms with Gasteiger partial charge in [0, 0.05) is 0 Å². The van der Waals surface area contributed by atoms with Crippen LogP contribution in [0.5, 0.6) is 0 Å². The van der Waals surface area contributed by atoms with E-state index in [-0.39, 0.29) is 12.5 Å². The summed E-state index contributed by atoms with van der Waals surface area (Å²) in [6, 6.07) is 0. The molecule has 0 aliphatic carbocycles. The van der Waals surface area contributed by atoms with Gasteiger partial charge in [0.1, 0.15) is 0 Å². The summed E-state index contributed by atoms with van der Waals surface area (Å²) in [5.41, 5.74) is 2.29. The number of rotatable bonds is 5. The third-order valence-corrected chi connectivity index (χ3v) is 2.51. The van der Waals surface area contributed by atoms with Crippen molar-refractivity contribution in [2.75, 3.05) is 6.61 Å². The third kappa shape index (κ3) is 3.37. The maximum absolute atomic E-state index is 12.7. The van der Waals surface area contributed by atoms with E-state index >= 15 is 0 Å². The predicted octanol–water partition coefficient (Wildman–Crippen LogP) is 2.25. The van der Waals surface area contributed by atoms with Crippen LogP contribution in [0.4, 0.5) is 13.2 Å². The molecule has 16 heavy (non-hydrogen) atoms. The van der Waals surface area contributed by atoms with Crippen LogP contribution in [0, 0.1) is 5.92 Å². The molecule has 0 saturated carbocycles. The first kappa shape index (κ1) is 15.2. The van der Waals surface area contributed by atoms with Crippen molar-refractivity contribution in [2.45, 2.75) is 45.3 Å². The molecule has 0 aromatic carbocycles. The second kappa shape index (κ2) is 5.52. The quantitative estimate of drug-likeness (QED) is 0.751. The van der Waals surface area contributed by atoms with Crippen molar-refractivity contribution in [3.63, 3.8) is 0 Å². The van der Waals surface area contributed by atoms with Gasteiger partial charge in [0.05, 0.1) is 6.61 Å². The van der Waals surface area contributed by atoms with E-state index in [9.17, 15) is 18.0 Å². The lowest BCUT2D eigenvalue weighted by Crippen LogP contribution is -2.61. The van der Waals surface area contributed by atoms with E-state index < -0.39 is 24.1 Å². The van der Waals surface area contributed by atoms with Crippen LogP contribution in [0.2, 0.25) is 0 Å². The molecule has 0 bridgehead atoms. The third-order valence-electron chi connectivity index (χ3n) is 2.51. The van der Waals surface area contributed by atoms with E-state index in [2.05, 4.69) is 4.74 Å². The van der Waals surface area contributed by atoms with Gasteiger partial charge in [0.2, 0.25) is 5.54 Å². The molecule has 2 N–H and O–H groups in total. The zero-order chi connectivity index (χ0) is 13.0. The average molecular weight is 241 g/mol. The highest BCUT2D eigenvalue weighted by Crippen LogP contribution is 2.35. The molecular formula is C10H18F3NO2. The Labute approximate surface area is 93.1 Å². The summed E-state index contributed by atoms with van der Waals surface area (Å²) in [5.74, 6) is -1.70. The van der Waals surface area contributed by atoms with E-state index in [0.717, 1.165) is 0 Å². The number of hydrogen-bond donors (Lipinski definition) is 1. The Bertz CT molecular complexity index is 243. The van der Waals surface area contributed by atoms with E-state index in [1.807, 2.05) is 0 Å². The van der Waals surface area contributed by atoms with Crippen molar-refractivity contribution < 1.29 is 22.7 Å². The zero-order valence-corrected chi connectivity index (χ0v) is 9.73. The minimum Gasteiger partial charge on any atom is -0.464 e. The number of nitrogens with two attached hydrogens (primary N) is 1. The molecule has 96 valence electrons. The van der Waals surface area contributed by atoms with Gasteiger partial charge in [-0.2, -0.15) is 13.2 Å². The molecule has 0 heterocycles. The first-order chi connectivity index (χ1) is 7.19. The predicted molar refractivity (Wildman–Crippen MR) is 53.7 cm³/mol. The average Bonchev–Trinajstić information content (AvgIpc) is 2.16. The number of carbonyl (C=O) groups is 1. The van der Waals surface area contributed by atoms with Gasteiger partial charge in [0.25, 0.3) is 0 Å². The Hall–Kier alpha value is -0.780. The van der Waals surface area contributed by atoms with Crippen LogP contribution in [0.1, 0.15) is 33.6 Å². The Morgan fingerprint density at radius 2 is 1.88 bits per heavy atom. The van der Waals surface area contributed by atoms with Crippen LogP contribution >= 0.6 is 0 Å². The van der Waals surface area contributed by atoms with Crippen molar-refractivity contribution >= 4 is 5.97 Å². The van der Waals surface area contributed by atoms with Crippen molar-refractivity contribution in [2.24, 2.45) is 11.7 Å². The molecule has 0 aromatic rings. The number of hydrogen-bond acceptors (Lipinski definition) is 3. The van der Waals surface area contributed by atoms with Crippen molar-refractivity contribution in [3.05, 3.63) is 0 Å².